The average molecular weight is 652 g/mol. The number of carbonyl (C=O) groups is 1. The van der Waals surface area contributed by atoms with E-state index in [-0.39, 0.29) is 17.6 Å². The Labute approximate surface area is 253 Å². The van der Waals surface area contributed by atoms with E-state index in [4.69, 9.17) is 24.3 Å². The molecular formula is C31H58BrNO6P+. The first-order chi connectivity index (χ1) is 19.1. The summed E-state index contributed by atoms with van der Waals surface area (Å²) in [4.78, 5) is 36.1. The van der Waals surface area contributed by atoms with E-state index in [0.29, 0.717) is 38.1 Å². The second kappa shape index (κ2) is 16.2. The molecule has 9 heteroatoms. The highest BCUT2D eigenvalue weighted by Gasteiger charge is 2.52. The molecule has 3 rings (SSSR count). The van der Waals surface area contributed by atoms with Crippen LogP contribution in [-0.2, 0) is 24.3 Å². The maximum atomic E-state index is 12.6. The topological polar surface area (TPSA) is 75.3 Å². The number of amides is 1. The minimum Gasteiger partial charge on any atom is -0.446 e. The number of alkyl carbamates (subject to hydrolysis) is 1. The van der Waals surface area contributed by atoms with Gasteiger partial charge in [-0.2, -0.15) is 19.6 Å². The third kappa shape index (κ3) is 10.3. The molecule has 2 aliphatic carbocycles. The number of unbranched alkanes of at least 4 members (excludes halogenated alkanes) is 2. The van der Waals surface area contributed by atoms with Crippen LogP contribution in [0, 0.1) is 11.3 Å². The van der Waals surface area contributed by atoms with Gasteiger partial charge in [-0.3, -0.25) is 0 Å². The fourth-order valence-electron chi connectivity index (χ4n) is 6.59. The van der Waals surface area contributed by atoms with Crippen LogP contribution in [0.2, 0.25) is 0 Å². The first-order valence-electron chi connectivity index (χ1n) is 16.2. The predicted octanol–water partition coefficient (Wildman–Crippen LogP) is 8.99. The van der Waals surface area contributed by atoms with Crippen molar-refractivity contribution in [1.29, 1.82) is 0 Å². The third-order valence-electron chi connectivity index (χ3n) is 9.45. The van der Waals surface area contributed by atoms with Crippen molar-refractivity contribution in [2.45, 2.75) is 142 Å². The van der Waals surface area contributed by atoms with Gasteiger partial charge in [0.05, 0.1) is 24.6 Å². The number of nitrogens with one attached hydrogen (secondary N) is 1. The van der Waals surface area contributed by atoms with E-state index in [2.05, 4.69) is 55.9 Å². The van der Waals surface area contributed by atoms with Crippen LogP contribution in [0.1, 0.15) is 125 Å². The summed E-state index contributed by atoms with van der Waals surface area (Å²) in [5.41, 5.74) is 0.284. The van der Waals surface area contributed by atoms with Gasteiger partial charge in [0, 0.05) is 44.8 Å². The Kier molecular flexibility index (Phi) is 14.0. The molecule has 0 aromatic heterocycles. The highest BCUT2D eigenvalue weighted by molar-refractivity contribution is 9.09. The van der Waals surface area contributed by atoms with Crippen LogP contribution in [0.4, 0.5) is 4.79 Å². The van der Waals surface area contributed by atoms with E-state index in [1.54, 1.807) is 0 Å². The van der Waals surface area contributed by atoms with Crippen molar-refractivity contribution in [3.05, 3.63) is 0 Å². The Bertz CT molecular complexity index is 713. The molecule has 1 amide bonds. The number of ether oxygens (including phenoxy) is 1. The molecule has 0 aromatic carbocycles. The van der Waals surface area contributed by atoms with Gasteiger partial charge in [0.15, 0.2) is 0 Å². The quantitative estimate of drug-likeness (QED) is 0.0875. The first kappa shape index (κ1) is 34.5. The molecule has 0 radical (unpaired) electrons. The summed E-state index contributed by atoms with van der Waals surface area (Å²) in [7, 11) is -0.957. The Morgan fingerprint density at radius 3 is 1.77 bits per heavy atom. The summed E-state index contributed by atoms with van der Waals surface area (Å²) in [6.45, 7) is 12.2. The zero-order valence-corrected chi connectivity index (χ0v) is 28.6. The van der Waals surface area contributed by atoms with Gasteiger partial charge < -0.3 is 10.1 Å². The van der Waals surface area contributed by atoms with Gasteiger partial charge in [-0.05, 0) is 62.7 Å². The SMILES string of the molecule is CCCC[P+](CCCC)(CCCBr)CCCNC(=O)OC1CCC2(CC1)OOC1(CCC(C(C)(C)C)CC1)OO2. The lowest BCUT2D eigenvalue weighted by molar-refractivity contribution is -0.663. The van der Waals surface area contributed by atoms with E-state index < -0.39 is 18.8 Å². The van der Waals surface area contributed by atoms with E-state index in [1.807, 2.05) is 0 Å². The number of hydrogen-bond acceptors (Lipinski definition) is 6. The van der Waals surface area contributed by atoms with Crippen molar-refractivity contribution >= 4 is 29.3 Å². The highest BCUT2D eigenvalue weighted by atomic mass is 79.9. The molecular weight excluding hydrogens is 593 g/mol. The first-order valence-corrected chi connectivity index (χ1v) is 19.8. The second-order valence-corrected chi connectivity index (χ2v) is 18.9. The minimum absolute atomic E-state index is 0.143. The second-order valence-electron chi connectivity index (χ2n) is 13.7. The normalized spacial score (nSPS) is 29.6. The van der Waals surface area contributed by atoms with Crippen molar-refractivity contribution in [2.24, 2.45) is 11.3 Å². The van der Waals surface area contributed by atoms with Crippen LogP contribution < -0.4 is 5.32 Å². The molecule has 0 unspecified atom stereocenters. The fourth-order valence-corrected chi connectivity index (χ4v) is 12.3. The molecule has 0 aromatic rings. The molecule has 2 saturated carbocycles. The predicted molar refractivity (Wildman–Crippen MR) is 167 cm³/mol. The lowest BCUT2D eigenvalue weighted by Crippen LogP contribution is -2.54. The molecule has 1 saturated heterocycles. The molecule has 0 bridgehead atoms. The van der Waals surface area contributed by atoms with Gasteiger partial charge in [0.1, 0.15) is 6.10 Å². The molecule has 3 fully saturated rings. The fraction of sp³-hybridized carbons (Fsp3) is 0.968. The molecule has 1 heterocycles. The number of halogens is 1. The van der Waals surface area contributed by atoms with E-state index in [9.17, 15) is 4.79 Å². The van der Waals surface area contributed by atoms with Crippen molar-refractivity contribution in [3.63, 3.8) is 0 Å². The van der Waals surface area contributed by atoms with Gasteiger partial charge in [-0.25, -0.2) is 4.79 Å². The van der Waals surface area contributed by atoms with Gasteiger partial charge in [-0.1, -0.05) is 63.4 Å². The summed E-state index contributed by atoms with van der Waals surface area (Å²) in [6.07, 6.45) is 18.6. The number of rotatable bonds is 14. The summed E-state index contributed by atoms with van der Waals surface area (Å²) in [5, 5.41) is 4.12. The maximum absolute atomic E-state index is 12.6. The van der Waals surface area contributed by atoms with Gasteiger partial charge in [-0.15, -0.1) is 0 Å². The van der Waals surface area contributed by atoms with Gasteiger partial charge in [0.2, 0.25) is 11.6 Å². The average Bonchev–Trinajstić information content (AvgIpc) is 2.94. The third-order valence-corrected chi connectivity index (χ3v) is 15.1. The Hall–Kier alpha value is 0.0200. The largest absolute Gasteiger partial charge is 0.446 e. The Balaban J connectivity index is 1.35. The molecule has 7 nitrogen and oxygen atoms in total. The number of hydrogen-bond donors (Lipinski definition) is 1. The van der Waals surface area contributed by atoms with Crippen molar-refractivity contribution in [2.75, 3.05) is 36.5 Å². The summed E-state index contributed by atoms with van der Waals surface area (Å²) < 4.78 is 5.77. The molecule has 1 N–H and O–H groups in total. The highest BCUT2D eigenvalue weighted by Crippen LogP contribution is 2.61. The van der Waals surface area contributed by atoms with Crippen molar-refractivity contribution in [1.82, 2.24) is 5.32 Å². The van der Waals surface area contributed by atoms with Crippen LogP contribution in [-0.4, -0.2) is 60.3 Å². The molecule has 40 heavy (non-hydrogen) atoms. The number of alkyl halides is 1. The molecule has 234 valence electrons. The van der Waals surface area contributed by atoms with Gasteiger partial charge in [0.25, 0.3) is 0 Å². The molecule has 2 spiro atoms. The van der Waals surface area contributed by atoms with E-state index >= 15 is 0 Å². The lowest BCUT2D eigenvalue weighted by atomic mass is 9.71. The molecule has 1 aliphatic heterocycles. The smallest absolute Gasteiger partial charge is 0.407 e. The lowest BCUT2D eigenvalue weighted by Gasteiger charge is -2.48. The van der Waals surface area contributed by atoms with Gasteiger partial charge >= 0.3 is 6.09 Å². The number of carbonyl (C=O) groups excluding carboxylic acids is 1. The zero-order chi connectivity index (χ0) is 29.1. The van der Waals surface area contributed by atoms with Crippen LogP contribution >= 0.6 is 23.2 Å². The Morgan fingerprint density at radius 2 is 1.30 bits per heavy atom. The van der Waals surface area contributed by atoms with Crippen LogP contribution in [0.5, 0.6) is 0 Å². The monoisotopic (exact) mass is 650 g/mol. The Morgan fingerprint density at radius 1 is 0.825 bits per heavy atom. The summed E-state index contributed by atoms with van der Waals surface area (Å²) >= 11 is 3.65. The zero-order valence-electron chi connectivity index (χ0n) is 26.1. The van der Waals surface area contributed by atoms with E-state index in [1.165, 1.54) is 56.8 Å². The van der Waals surface area contributed by atoms with E-state index in [0.717, 1.165) is 37.4 Å². The van der Waals surface area contributed by atoms with Crippen LogP contribution in [0.3, 0.4) is 0 Å². The van der Waals surface area contributed by atoms with Crippen molar-refractivity contribution in [3.8, 4) is 0 Å². The standard InChI is InChI=1S/C31H57BrNO6P/c1-6-8-22-40(23-9-7-2,24-10-20-32)25-11-21-33-28(34)35-27-14-18-31(19-15-27)38-36-30(37-39-31)16-12-26(13-17-30)29(3,4)5/h26-27H,6-25H2,1-5H3/p+1. The van der Waals surface area contributed by atoms with Crippen molar-refractivity contribution < 1.29 is 29.1 Å². The van der Waals surface area contributed by atoms with Crippen LogP contribution in [0.25, 0.3) is 0 Å². The summed E-state index contributed by atoms with van der Waals surface area (Å²) in [5.74, 6) is -1.05. The maximum Gasteiger partial charge on any atom is 0.407 e. The van der Waals surface area contributed by atoms with Crippen LogP contribution in [0.15, 0.2) is 0 Å². The summed E-state index contributed by atoms with van der Waals surface area (Å²) in [6, 6.07) is 0. The molecule has 0 atom stereocenters. The molecule has 3 aliphatic rings. The minimum atomic E-state index is -0.957.